The van der Waals surface area contributed by atoms with Crippen LogP contribution >= 0.6 is 23.6 Å². The second kappa shape index (κ2) is 9.67. The molecular weight excluding hydrogens is 362 g/mol. The van der Waals surface area contributed by atoms with Gasteiger partial charge in [0.15, 0.2) is 11.8 Å². The van der Waals surface area contributed by atoms with Gasteiger partial charge in [-0.2, -0.15) is 0 Å². The molecule has 0 saturated carbocycles. The first-order valence-corrected chi connectivity index (χ1v) is 9.15. The van der Waals surface area contributed by atoms with Crippen LogP contribution in [0.2, 0.25) is 0 Å². The summed E-state index contributed by atoms with van der Waals surface area (Å²) < 4.78 is 10.5. The van der Waals surface area contributed by atoms with Crippen LogP contribution in [0.4, 0.5) is 0 Å². The van der Waals surface area contributed by atoms with Crippen molar-refractivity contribution in [3.8, 4) is 0 Å². The van der Waals surface area contributed by atoms with Crippen molar-refractivity contribution in [1.82, 2.24) is 15.2 Å². The van der Waals surface area contributed by atoms with E-state index in [-0.39, 0.29) is 28.7 Å². The molecule has 7 nitrogen and oxygen atoms in total. The Morgan fingerprint density at radius 2 is 2.08 bits per heavy atom. The Labute approximate surface area is 157 Å². The molecule has 0 spiro atoms. The largest absolute Gasteiger partial charge is 0.464 e. The molecule has 0 fully saturated rings. The average Bonchev–Trinajstić information content (AvgIpc) is 3.06. The second-order valence-corrected chi connectivity index (χ2v) is 7.14. The molecule has 0 aliphatic rings. The van der Waals surface area contributed by atoms with Gasteiger partial charge in [0, 0.05) is 38.9 Å². The predicted molar refractivity (Wildman–Crippen MR) is 101 cm³/mol. The first kappa shape index (κ1) is 21.3. The number of nitrogens with one attached hydrogen (secondary N) is 1. The number of methoxy groups -OCH3 is 1. The highest BCUT2D eigenvalue weighted by molar-refractivity contribution is 7.80. The Balaban J connectivity index is 3.10. The second-order valence-electron chi connectivity index (χ2n) is 5.88. The standard InChI is InChI=1S/C16H25N3O4S2/c1-9(2)12(19(5)10(3)20)7-13(23-16(24)17-4)14-18-11(8-25-14)15(21)22-6/h8-9,12-13H,7H2,1-6H3,(H,17,24). The zero-order valence-electron chi connectivity index (χ0n) is 15.4. The van der Waals surface area contributed by atoms with Gasteiger partial charge in [0.2, 0.25) is 5.91 Å². The zero-order valence-corrected chi connectivity index (χ0v) is 17.0. The van der Waals surface area contributed by atoms with E-state index < -0.39 is 12.1 Å². The number of rotatable bonds is 7. The molecular formula is C16H25N3O4S2. The summed E-state index contributed by atoms with van der Waals surface area (Å²) in [4.78, 5) is 29.4. The molecule has 0 aromatic carbocycles. The van der Waals surface area contributed by atoms with Gasteiger partial charge >= 0.3 is 5.97 Å². The van der Waals surface area contributed by atoms with E-state index in [1.165, 1.54) is 25.4 Å². The number of ether oxygens (including phenoxy) is 2. The highest BCUT2D eigenvalue weighted by Crippen LogP contribution is 2.30. The van der Waals surface area contributed by atoms with Crippen LogP contribution in [0.15, 0.2) is 5.38 Å². The minimum Gasteiger partial charge on any atom is -0.464 e. The monoisotopic (exact) mass is 387 g/mol. The average molecular weight is 388 g/mol. The van der Waals surface area contributed by atoms with E-state index in [2.05, 4.69) is 10.3 Å². The molecule has 9 heteroatoms. The third-order valence-electron chi connectivity index (χ3n) is 3.86. The summed E-state index contributed by atoms with van der Waals surface area (Å²) in [6, 6.07) is -0.0624. The molecule has 1 rings (SSSR count). The van der Waals surface area contributed by atoms with Crippen LogP contribution in [0.5, 0.6) is 0 Å². The molecule has 0 aliphatic heterocycles. The Morgan fingerprint density at radius 3 is 2.56 bits per heavy atom. The maximum absolute atomic E-state index is 11.8. The van der Waals surface area contributed by atoms with Gasteiger partial charge in [0.25, 0.3) is 5.17 Å². The van der Waals surface area contributed by atoms with Gasteiger partial charge < -0.3 is 19.7 Å². The molecule has 2 atom stereocenters. The molecule has 0 bridgehead atoms. The molecule has 1 heterocycles. The fourth-order valence-corrected chi connectivity index (χ4v) is 3.30. The summed E-state index contributed by atoms with van der Waals surface area (Å²) >= 11 is 6.42. The van der Waals surface area contributed by atoms with Gasteiger partial charge in [-0.15, -0.1) is 11.3 Å². The van der Waals surface area contributed by atoms with Crippen molar-refractivity contribution in [3.05, 3.63) is 16.1 Å². The van der Waals surface area contributed by atoms with E-state index in [1.54, 1.807) is 24.4 Å². The number of thiocarbonyl (C=S) groups is 1. The molecule has 1 N–H and O–H groups in total. The topological polar surface area (TPSA) is 80.8 Å². The molecule has 1 aromatic heterocycles. The minimum atomic E-state index is -0.501. The molecule has 0 saturated heterocycles. The van der Waals surface area contributed by atoms with Crippen LogP contribution in [0.25, 0.3) is 0 Å². The lowest BCUT2D eigenvalue weighted by atomic mass is 9.96. The van der Waals surface area contributed by atoms with E-state index in [9.17, 15) is 9.59 Å². The number of nitrogens with zero attached hydrogens (tertiary/aromatic N) is 2. The normalized spacial score (nSPS) is 13.1. The van der Waals surface area contributed by atoms with Crippen molar-refractivity contribution in [2.45, 2.75) is 39.3 Å². The van der Waals surface area contributed by atoms with Crippen LogP contribution in [-0.2, 0) is 14.3 Å². The number of hydrogen-bond acceptors (Lipinski definition) is 7. The Kier molecular flexibility index (Phi) is 8.24. The van der Waals surface area contributed by atoms with Gasteiger partial charge in [-0.05, 0) is 18.1 Å². The van der Waals surface area contributed by atoms with Crippen molar-refractivity contribution in [1.29, 1.82) is 0 Å². The fourth-order valence-electron chi connectivity index (χ4n) is 2.35. The first-order valence-electron chi connectivity index (χ1n) is 7.86. The summed E-state index contributed by atoms with van der Waals surface area (Å²) in [6.07, 6.45) is 0.0292. The van der Waals surface area contributed by atoms with Gasteiger partial charge in [0.1, 0.15) is 5.01 Å². The van der Waals surface area contributed by atoms with Crippen LogP contribution in [-0.4, -0.2) is 54.2 Å². The quantitative estimate of drug-likeness (QED) is 0.568. The number of carbonyl (C=O) groups is 2. The van der Waals surface area contributed by atoms with E-state index in [4.69, 9.17) is 21.7 Å². The van der Waals surface area contributed by atoms with Crippen LogP contribution in [0.1, 0.15) is 48.8 Å². The summed E-state index contributed by atoms with van der Waals surface area (Å²) in [5.74, 6) is -0.315. The van der Waals surface area contributed by atoms with Gasteiger partial charge in [-0.25, -0.2) is 9.78 Å². The lowest BCUT2D eigenvalue weighted by molar-refractivity contribution is -0.131. The molecule has 0 aliphatic carbocycles. The van der Waals surface area contributed by atoms with Gasteiger partial charge in [-0.3, -0.25) is 4.79 Å². The SMILES string of the molecule is CNC(=S)OC(CC(C(C)C)N(C)C(C)=O)c1nc(C(=O)OC)cs1. The van der Waals surface area contributed by atoms with Crippen molar-refractivity contribution >= 4 is 40.6 Å². The number of carbonyl (C=O) groups excluding carboxylic acids is 2. The molecule has 25 heavy (non-hydrogen) atoms. The highest BCUT2D eigenvalue weighted by Gasteiger charge is 2.29. The predicted octanol–water partition coefficient (Wildman–Crippen LogP) is 2.38. The van der Waals surface area contributed by atoms with Crippen LogP contribution < -0.4 is 5.32 Å². The number of amides is 1. The summed E-state index contributed by atoms with van der Waals surface area (Å²) in [6.45, 7) is 5.61. The van der Waals surface area contributed by atoms with Crippen molar-refractivity contribution in [2.75, 3.05) is 21.2 Å². The molecule has 140 valence electrons. The smallest absolute Gasteiger partial charge is 0.357 e. The summed E-state index contributed by atoms with van der Waals surface area (Å²) in [7, 11) is 4.74. The molecule has 1 amide bonds. The van der Waals surface area contributed by atoms with Crippen molar-refractivity contribution in [3.63, 3.8) is 0 Å². The number of hydrogen-bond donors (Lipinski definition) is 1. The maximum Gasteiger partial charge on any atom is 0.357 e. The summed E-state index contributed by atoms with van der Waals surface area (Å²) in [5.41, 5.74) is 0.229. The third-order valence-corrected chi connectivity index (χ3v) is 5.10. The zero-order chi connectivity index (χ0) is 19.1. The Morgan fingerprint density at radius 1 is 1.44 bits per heavy atom. The molecule has 2 unspecified atom stereocenters. The summed E-state index contributed by atoms with van der Waals surface area (Å²) in [5, 5.41) is 5.24. The third kappa shape index (κ3) is 5.93. The number of thiazole rings is 1. The number of aromatic nitrogens is 1. The van der Waals surface area contributed by atoms with Crippen molar-refractivity contribution < 1.29 is 19.1 Å². The maximum atomic E-state index is 11.8. The highest BCUT2D eigenvalue weighted by atomic mass is 32.1. The lowest BCUT2D eigenvalue weighted by Gasteiger charge is -2.33. The fraction of sp³-hybridized carbons (Fsp3) is 0.625. The first-order chi connectivity index (χ1) is 11.7. The Bertz CT molecular complexity index is 618. The van der Waals surface area contributed by atoms with E-state index in [0.717, 1.165) is 0 Å². The van der Waals surface area contributed by atoms with Crippen LogP contribution in [0.3, 0.4) is 0 Å². The van der Waals surface area contributed by atoms with E-state index >= 15 is 0 Å². The van der Waals surface area contributed by atoms with E-state index in [0.29, 0.717) is 11.4 Å². The minimum absolute atomic E-state index is 0.0250. The van der Waals surface area contributed by atoms with E-state index in [1.807, 2.05) is 13.8 Å². The van der Waals surface area contributed by atoms with Crippen molar-refractivity contribution in [2.24, 2.45) is 5.92 Å². The van der Waals surface area contributed by atoms with Gasteiger partial charge in [0.05, 0.1) is 7.11 Å². The Hall–Kier alpha value is -1.74. The molecule has 1 aromatic rings. The van der Waals surface area contributed by atoms with Crippen LogP contribution in [0, 0.1) is 5.92 Å². The van der Waals surface area contributed by atoms with Gasteiger partial charge in [-0.1, -0.05) is 13.8 Å². The molecule has 0 radical (unpaired) electrons. The number of esters is 1. The lowest BCUT2D eigenvalue weighted by Crippen LogP contribution is -2.40.